The maximum absolute atomic E-state index is 11.2. The van der Waals surface area contributed by atoms with Crippen LogP contribution < -0.4 is 5.32 Å². The SMILES string of the molecule is CC(=O)N[C@H](c1ccccc1)C(C)(C)C. The van der Waals surface area contributed by atoms with Gasteiger partial charge in [0.25, 0.3) is 0 Å². The Morgan fingerprint density at radius 2 is 1.73 bits per heavy atom. The Bertz CT molecular complexity index is 324. The van der Waals surface area contributed by atoms with Crippen molar-refractivity contribution in [3.8, 4) is 0 Å². The van der Waals surface area contributed by atoms with Crippen LogP contribution in [0.5, 0.6) is 0 Å². The largest absolute Gasteiger partial charge is 0.349 e. The van der Waals surface area contributed by atoms with Crippen molar-refractivity contribution in [2.75, 3.05) is 0 Å². The summed E-state index contributed by atoms with van der Waals surface area (Å²) >= 11 is 0. The van der Waals surface area contributed by atoms with Crippen LogP contribution in [0.3, 0.4) is 0 Å². The number of rotatable bonds is 2. The number of carbonyl (C=O) groups is 1. The Morgan fingerprint density at radius 1 is 1.20 bits per heavy atom. The molecular formula is C13H19NO. The zero-order valence-corrected chi connectivity index (χ0v) is 9.87. The predicted molar refractivity (Wildman–Crippen MR) is 62.5 cm³/mol. The second-order valence-corrected chi connectivity index (χ2v) is 4.91. The Labute approximate surface area is 91.7 Å². The molecule has 82 valence electrons. The lowest BCUT2D eigenvalue weighted by Crippen LogP contribution is -2.35. The molecule has 0 heterocycles. The van der Waals surface area contributed by atoms with E-state index in [9.17, 15) is 4.79 Å². The molecule has 0 aliphatic heterocycles. The first-order chi connectivity index (χ1) is 6.91. The number of carbonyl (C=O) groups excluding carboxylic acids is 1. The third kappa shape index (κ3) is 3.39. The van der Waals surface area contributed by atoms with E-state index in [4.69, 9.17) is 0 Å². The highest BCUT2D eigenvalue weighted by Crippen LogP contribution is 2.32. The molecule has 0 aromatic heterocycles. The zero-order valence-electron chi connectivity index (χ0n) is 9.87. The van der Waals surface area contributed by atoms with Gasteiger partial charge in [0.1, 0.15) is 0 Å². The highest BCUT2D eigenvalue weighted by atomic mass is 16.1. The van der Waals surface area contributed by atoms with Gasteiger partial charge in [-0.3, -0.25) is 4.79 Å². The standard InChI is InChI=1S/C13H19NO/c1-10(15)14-12(13(2,3)4)11-8-6-5-7-9-11/h5-9,12H,1-4H3,(H,14,15)/t12-/m1/s1. The molecule has 0 fully saturated rings. The molecule has 0 radical (unpaired) electrons. The topological polar surface area (TPSA) is 29.1 Å². The Kier molecular flexibility index (Phi) is 3.51. The number of benzene rings is 1. The van der Waals surface area contributed by atoms with E-state index in [1.165, 1.54) is 0 Å². The van der Waals surface area contributed by atoms with E-state index in [0.29, 0.717) is 0 Å². The van der Waals surface area contributed by atoms with Gasteiger partial charge in [-0.15, -0.1) is 0 Å². The average molecular weight is 205 g/mol. The van der Waals surface area contributed by atoms with Gasteiger partial charge >= 0.3 is 0 Å². The minimum absolute atomic E-state index is 0.0128. The van der Waals surface area contributed by atoms with Crippen molar-refractivity contribution in [2.24, 2.45) is 5.41 Å². The van der Waals surface area contributed by atoms with Gasteiger partial charge in [-0.1, -0.05) is 51.1 Å². The van der Waals surface area contributed by atoms with Crippen molar-refractivity contribution < 1.29 is 4.79 Å². The summed E-state index contributed by atoms with van der Waals surface area (Å²) in [5, 5.41) is 3.00. The van der Waals surface area contributed by atoms with Crippen LogP contribution >= 0.6 is 0 Å². The molecule has 2 heteroatoms. The molecule has 0 bridgehead atoms. The fourth-order valence-electron chi connectivity index (χ4n) is 1.65. The minimum atomic E-state index is 0.0128. The van der Waals surface area contributed by atoms with Gasteiger partial charge in [0.15, 0.2) is 0 Å². The summed E-state index contributed by atoms with van der Waals surface area (Å²) in [6.07, 6.45) is 0. The molecule has 0 saturated heterocycles. The summed E-state index contributed by atoms with van der Waals surface area (Å²) in [6.45, 7) is 7.93. The van der Waals surface area contributed by atoms with E-state index in [-0.39, 0.29) is 17.4 Å². The molecule has 0 spiro atoms. The maximum atomic E-state index is 11.2. The van der Waals surface area contributed by atoms with Gasteiger partial charge in [0, 0.05) is 6.92 Å². The third-order valence-corrected chi connectivity index (χ3v) is 2.35. The molecule has 1 aromatic rings. The Morgan fingerprint density at radius 3 is 2.13 bits per heavy atom. The molecule has 1 N–H and O–H groups in total. The quantitative estimate of drug-likeness (QED) is 0.790. The summed E-state index contributed by atoms with van der Waals surface area (Å²) in [6, 6.07) is 10.1. The monoisotopic (exact) mass is 205 g/mol. The molecule has 0 aliphatic rings. The fourth-order valence-corrected chi connectivity index (χ4v) is 1.65. The van der Waals surface area contributed by atoms with Gasteiger partial charge in [0.05, 0.1) is 6.04 Å². The van der Waals surface area contributed by atoms with Crippen molar-refractivity contribution in [2.45, 2.75) is 33.7 Å². The van der Waals surface area contributed by atoms with Crippen molar-refractivity contribution in [1.82, 2.24) is 5.32 Å². The number of hydrogen-bond acceptors (Lipinski definition) is 1. The smallest absolute Gasteiger partial charge is 0.217 e. The molecule has 0 unspecified atom stereocenters. The lowest BCUT2D eigenvalue weighted by Gasteiger charge is -2.31. The molecule has 0 saturated carbocycles. The van der Waals surface area contributed by atoms with Gasteiger partial charge in [-0.05, 0) is 11.0 Å². The van der Waals surface area contributed by atoms with Crippen LogP contribution in [0.15, 0.2) is 30.3 Å². The summed E-state index contributed by atoms with van der Waals surface area (Å²) in [4.78, 5) is 11.2. The summed E-state index contributed by atoms with van der Waals surface area (Å²) in [7, 11) is 0. The molecular weight excluding hydrogens is 186 g/mol. The van der Waals surface area contributed by atoms with E-state index in [1.54, 1.807) is 6.92 Å². The van der Waals surface area contributed by atoms with Gasteiger partial charge < -0.3 is 5.32 Å². The van der Waals surface area contributed by atoms with E-state index < -0.39 is 0 Å². The van der Waals surface area contributed by atoms with Crippen LogP contribution in [-0.2, 0) is 4.79 Å². The van der Waals surface area contributed by atoms with Crippen LogP contribution in [0.25, 0.3) is 0 Å². The highest BCUT2D eigenvalue weighted by Gasteiger charge is 2.26. The van der Waals surface area contributed by atoms with E-state index in [0.717, 1.165) is 5.56 Å². The van der Waals surface area contributed by atoms with E-state index in [2.05, 4.69) is 26.1 Å². The zero-order chi connectivity index (χ0) is 11.5. The fraction of sp³-hybridized carbons (Fsp3) is 0.462. The molecule has 0 aliphatic carbocycles. The number of nitrogens with one attached hydrogen (secondary N) is 1. The lowest BCUT2D eigenvalue weighted by atomic mass is 9.82. The molecule has 1 aromatic carbocycles. The number of hydrogen-bond donors (Lipinski definition) is 1. The van der Waals surface area contributed by atoms with Crippen LogP contribution in [0.1, 0.15) is 39.3 Å². The van der Waals surface area contributed by atoms with Gasteiger partial charge in [0.2, 0.25) is 5.91 Å². The van der Waals surface area contributed by atoms with Crippen molar-refractivity contribution in [1.29, 1.82) is 0 Å². The molecule has 1 atom stereocenters. The molecule has 1 amide bonds. The average Bonchev–Trinajstić information content (AvgIpc) is 2.14. The van der Waals surface area contributed by atoms with Crippen molar-refractivity contribution in [3.05, 3.63) is 35.9 Å². The Hall–Kier alpha value is -1.31. The number of amides is 1. The van der Waals surface area contributed by atoms with Crippen LogP contribution in [0.4, 0.5) is 0 Å². The Balaban J connectivity index is 2.97. The van der Waals surface area contributed by atoms with Crippen LogP contribution in [-0.4, -0.2) is 5.91 Å². The molecule has 15 heavy (non-hydrogen) atoms. The van der Waals surface area contributed by atoms with Crippen molar-refractivity contribution >= 4 is 5.91 Å². The van der Waals surface area contributed by atoms with Gasteiger partial charge in [-0.2, -0.15) is 0 Å². The second kappa shape index (κ2) is 4.47. The van der Waals surface area contributed by atoms with Crippen molar-refractivity contribution in [3.63, 3.8) is 0 Å². The van der Waals surface area contributed by atoms with E-state index in [1.807, 2.05) is 30.3 Å². The van der Waals surface area contributed by atoms with Crippen LogP contribution in [0, 0.1) is 5.41 Å². The first-order valence-corrected chi connectivity index (χ1v) is 5.23. The first-order valence-electron chi connectivity index (χ1n) is 5.23. The summed E-state index contributed by atoms with van der Waals surface area (Å²) in [5.41, 5.74) is 1.17. The summed E-state index contributed by atoms with van der Waals surface area (Å²) < 4.78 is 0. The predicted octanol–water partition coefficient (Wildman–Crippen LogP) is 2.91. The van der Waals surface area contributed by atoms with Gasteiger partial charge in [-0.25, -0.2) is 0 Å². The lowest BCUT2D eigenvalue weighted by molar-refractivity contribution is -0.120. The molecule has 1 rings (SSSR count). The molecule has 2 nitrogen and oxygen atoms in total. The van der Waals surface area contributed by atoms with Crippen LogP contribution in [0.2, 0.25) is 0 Å². The minimum Gasteiger partial charge on any atom is -0.349 e. The normalized spacial score (nSPS) is 13.3. The first kappa shape index (κ1) is 11.8. The van der Waals surface area contributed by atoms with E-state index >= 15 is 0 Å². The summed E-state index contributed by atoms with van der Waals surface area (Å²) in [5.74, 6) is 0.0128. The maximum Gasteiger partial charge on any atom is 0.217 e. The highest BCUT2D eigenvalue weighted by molar-refractivity contribution is 5.73. The second-order valence-electron chi connectivity index (χ2n) is 4.91. The third-order valence-electron chi connectivity index (χ3n) is 2.35.